The second kappa shape index (κ2) is 7.59. The standard InChI is InChI=1S/C15H24N2O3/c1-18-15(19-2)9-13(10-16)17-7-8-20-14-6-4-3-5-12(14)11-17/h3-6,13,15H,7-11,16H2,1-2H3. The SMILES string of the molecule is COC(CC(CN)N1CCOc2ccccc2C1)OC. The van der Waals surface area contributed by atoms with E-state index in [4.69, 9.17) is 19.9 Å². The summed E-state index contributed by atoms with van der Waals surface area (Å²) in [6.07, 6.45) is 0.536. The van der Waals surface area contributed by atoms with Crippen LogP contribution in [-0.4, -0.2) is 51.1 Å². The molecule has 5 heteroatoms. The Hall–Kier alpha value is -1.14. The fraction of sp³-hybridized carbons (Fsp3) is 0.600. The first-order valence-corrected chi connectivity index (χ1v) is 6.99. The van der Waals surface area contributed by atoms with Crippen LogP contribution in [0.3, 0.4) is 0 Å². The lowest BCUT2D eigenvalue weighted by molar-refractivity contribution is -0.117. The number of ether oxygens (including phenoxy) is 3. The zero-order valence-electron chi connectivity index (χ0n) is 12.2. The van der Waals surface area contributed by atoms with Crippen LogP contribution in [0.5, 0.6) is 5.75 Å². The maximum atomic E-state index is 5.94. The van der Waals surface area contributed by atoms with E-state index in [1.165, 1.54) is 5.56 Å². The molecular weight excluding hydrogens is 256 g/mol. The van der Waals surface area contributed by atoms with Crippen LogP contribution in [0.2, 0.25) is 0 Å². The molecule has 2 N–H and O–H groups in total. The molecule has 0 spiro atoms. The average molecular weight is 280 g/mol. The highest BCUT2D eigenvalue weighted by molar-refractivity contribution is 5.33. The van der Waals surface area contributed by atoms with E-state index >= 15 is 0 Å². The Morgan fingerprint density at radius 2 is 2.05 bits per heavy atom. The molecule has 0 aromatic heterocycles. The number of nitrogens with zero attached hydrogens (tertiary/aromatic N) is 1. The van der Waals surface area contributed by atoms with Crippen molar-refractivity contribution in [1.29, 1.82) is 0 Å². The highest BCUT2D eigenvalue weighted by Crippen LogP contribution is 2.24. The first kappa shape index (κ1) is 15.3. The predicted molar refractivity (Wildman–Crippen MR) is 77.6 cm³/mol. The monoisotopic (exact) mass is 280 g/mol. The Morgan fingerprint density at radius 3 is 2.75 bits per heavy atom. The fourth-order valence-electron chi connectivity index (χ4n) is 2.56. The largest absolute Gasteiger partial charge is 0.492 e. The van der Waals surface area contributed by atoms with Crippen molar-refractivity contribution in [2.45, 2.75) is 25.3 Å². The van der Waals surface area contributed by atoms with Crippen LogP contribution in [0, 0.1) is 0 Å². The quantitative estimate of drug-likeness (QED) is 0.794. The Labute approximate surface area is 120 Å². The van der Waals surface area contributed by atoms with Crippen molar-refractivity contribution in [3.63, 3.8) is 0 Å². The van der Waals surface area contributed by atoms with E-state index in [-0.39, 0.29) is 12.3 Å². The molecule has 1 heterocycles. The van der Waals surface area contributed by atoms with E-state index in [0.29, 0.717) is 13.2 Å². The van der Waals surface area contributed by atoms with Crippen LogP contribution in [-0.2, 0) is 16.0 Å². The first-order valence-electron chi connectivity index (χ1n) is 6.99. The van der Waals surface area contributed by atoms with E-state index in [1.807, 2.05) is 18.2 Å². The molecule has 1 aromatic carbocycles. The Balaban J connectivity index is 2.07. The number of hydrogen-bond acceptors (Lipinski definition) is 5. The van der Waals surface area contributed by atoms with Crippen molar-refractivity contribution in [2.24, 2.45) is 5.73 Å². The van der Waals surface area contributed by atoms with Crippen molar-refractivity contribution >= 4 is 0 Å². The third-order valence-electron chi connectivity index (χ3n) is 3.76. The van der Waals surface area contributed by atoms with Gasteiger partial charge in [-0.15, -0.1) is 0 Å². The van der Waals surface area contributed by atoms with Gasteiger partial charge in [0.25, 0.3) is 0 Å². The van der Waals surface area contributed by atoms with Gasteiger partial charge in [-0.05, 0) is 6.07 Å². The minimum Gasteiger partial charge on any atom is -0.492 e. The summed E-state index contributed by atoms with van der Waals surface area (Å²) in [7, 11) is 3.31. The maximum Gasteiger partial charge on any atom is 0.158 e. The summed E-state index contributed by atoms with van der Waals surface area (Å²) >= 11 is 0. The number of hydrogen-bond donors (Lipinski definition) is 1. The van der Waals surface area contributed by atoms with Crippen molar-refractivity contribution in [2.75, 3.05) is 33.9 Å². The molecule has 1 aromatic rings. The van der Waals surface area contributed by atoms with Crippen LogP contribution >= 0.6 is 0 Å². The predicted octanol–water partition coefficient (Wildman–Crippen LogP) is 1.22. The number of nitrogens with two attached hydrogens (primary N) is 1. The highest BCUT2D eigenvalue weighted by atomic mass is 16.7. The van der Waals surface area contributed by atoms with E-state index in [0.717, 1.165) is 25.3 Å². The number of para-hydroxylation sites is 1. The number of methoxy groups -OCH3 is 2. The molecule has 112 valence electrons. The van der Waals surface area contributed by atoms with E-state index in [9.17, 15) is 0 Å². The van der Waals surface area contributed by atoms with Crippen LogP contribution < -0.4 is 10.5 Å². The second-order valence-electron chi connectivity index (χ2n) is 4.95. The third kappa shape index (κ3) is 3.70. The van der Waals surface area contributed by atoms with E-state index < -0.39 is 0 Å². The smallest absolute Gasteiger partial charge is 0.158 e. The van der Waals surface area contributed by atoms with Gasteiger partial charge in [-0.2, -0.15) is 0 Å². The molecular formula is C15H24N2O3. The van der Waals surface area contributed by atoms with E-state index in [1.54, 1.807) is 14.2 Å². The van der Waals surface area contributed by atoms with Crippen molar-refractivity contribution in [1.82, 2.24) is 4.90 Å². The van der Waals surface area contributed by atoms with Gasteiger partial charge in [-0.25, -0.2) is 0 Å². The summed E-state index contributed by atoms with van der Waals surface area (Å²) in [6, 6.07) is 8.38. The van der Waals surface area contributed by atoms with Crippen LogP contribution in [0.1, 0.15) is 12.0 Å². The lowest BCUT2D eigenvalue weighted by Gasteiger charge is -2.31. The maximum absolute atomic E-state index is 5.94. The molecule has 2 rings (SSSR count). The molecule has 1 unspecified atom stereocenters. The molecule has 0 radical (unpaired) electrons. The molecule has 0 fully saturated rings. The summed E-state index contributed by atoms with van der Waals surface area (Å²) in [5.74, 6) is 0.973. The average Bonchev–Trinajstić information content (AvgIpc) is 2.71. The zero-order valence-corrected chi connectivity index (χ0v) is 12.2. The van der Waals surface area contributed by atoms with Gasteiger partial charge in [0.15, 0.2) is 6.29 Å². The van der Waals surface area contributed by atoms with Gasteiger partial charge in [0.1, 0.15) is 12.4 Å². The van der Waals surface area contributed by atoms with Gasteiger partial charge >= 0.3 is 0 Å². The normalized spacial score (nSPS) is 17.4. The number of fused-ring (bicyclic) bond motifs is 1. The molecule has 20 heavy (non-hydrogen) atoms. The summed E-state index contributed by atoms with van der Waals surface area (Å²) in [5, 5.41) is 0. The van der Waals surface area contributed by atoms with Gasteiger partial charge in [-0.1, -0.05) is 18.2 Å². The molecule has 1 aliphatic rings. The van der Waals surface area contributed by atoms with Crippen molar-refractivity contribution in [3.8, 4) is 5.75 Å². The molecule has 1 atom stereocenters. The summed E-state index contributed by atoms with van der Waals surface area (Å²) in [5.41, 5.74) is 7.14. The number of rotatable bonds is 6. The third-order valence-corrected chi connectivity index (χ3v) is 3.76. The van der Waals surface area contributed by atoms with Crippen LogP contribution in [0.25, 0.3) is 0 Å². The Kier molecular flexibility index (Phi) is 5.79. The highest BCUT2D eigenvalue weighted by Gasteiger charge is 2.24. The van der Waals surface area contributed by atoms with Crippen molar-refractivity contribution in [3.05, 3.63) is 29.8 Å². The fourth-order valence-corrected chi connectivity index (χ4v) is 2.56. The van der Waals surface area contributed by atoms with Gasteiger partial charge in [0.2, 0.25) is 0 Å². The lowest BCUT2D eigenvalue weighted by atomic mass is 10.1. The first-order chi connectivity index (χ1) is 9.78. The molecule has 0 saturated carbocycles. The Bertz CT molecular complexity index is 410. The van der Waals surface area contributed by atoms with Gasteiger partial charge in [-0.3, -0.25) is 4.90 Å². The summed E-state index contributed by atoms with van der Waals surface area (Å²) < 4.78 is 16.4. The zero-order chi connectivity index (χ0) is 14.4. The topological polar surface area (TPSA) is 57.0 Å². The summed E-state index contributed by atoms with van der Waals surface area (Å²) in [6.45, 7) is 2.96. The lowest BCUT2D eigenvalue weighted by Crippen LogP contribution is -2.43. The molecule has 0 bridgehead atoms. The molecule has 0 saturated heterocycles. The van der Waals surface area contributed by atoms with Gasteiger partial charge in [0, 0.05) is 51.9 Å². The second-order valence-corrected chi connectivity index (χ2v) is 4.95. The van der Waals surface area contributed by atoms with Gasteiger partial charge < -0.3 is 19.9 Å². The molecule has 5 nitrogen and oxygen atoms in total. The van der Waals surface area contributed by atoms with Gasteiger partial charge in [0.05, 0.1) is 0 Å². The van der Waals surface area contributed by atoms with Crippen LogP contribution in [0.15, 0.2) is 24.3 Å². The summed E-state index contributed by atoms with van der Waals surface area (Å²) in [4.78, 5) is 2.34. The Morgan fingerprint density at radius 1 is 1.30 bits per heavy atom. The molecule has 1 aliphatic heterocycles. The van der Waals surface area contributed by atoms with Crippen molar-refractivity contribution < 1.29 is 14.2 Å². The van der Waals surface area contributed by atoms with Crippen LogP contribution in [0.4, 0.5) is 0 Å². The molecule has 0 amide bonds. The minimum atomic E-state index is -0.219. The molecule has 0 aliphatic carbocycles. The van der Waals surface area contributed by atoms with E-state index in [2.05, 4.69) is 11.0 Å². The number of benzene rings is 1. The minimum absolute atomic E-state index is 0.217.